The molecule has 1 heterocycles. The number of hydrogen-bond acceptors (Lipinski definition) is 2. The van der Waals surface area contributed by atoms with Gasteiger partial charge in [-0.1, -0.05) is 54.1 Å². The van der Waals surface area contributed by atoms with Crippen molar-refractivity contribution in [1.82, 2.24) is 5.01 Å². The van der Waals surface area contributed by atoms with Crippen molar-refractivity contribution in [1.29, 1.82) is 5.41 Å². The third-order valence-electron chi connectivity index (χ3n) is 3.78. The van der Waals surface area contributed by atoms with Crippen LogP contribution in [-0.4, -0.2) is 29.1 Å². The number of benzene rings is 2. The van der Waals surface area contributed by atoms with E-state index in [4.69, 9.17) is 22.7 Å². The first-order valence-electron chi connectivity index (χ1n) is 7.61. The molecule has 0 amide bonds. The van der Waals surface area contributed by atoms with Crippen molar-refractivity contribution >= 4 is 29.1 Å². The van der Waals surface area contributed by atoms with Crippen LogP contribution in [0.5, 0.6) is 0 Å². The molecule has 0 aliphatic carbocycles. The first kappa shape index (κ1) is 16.2. The standard InChI is InChI=1S/C18H18ClN5/c1-12(20)22-18(21)24-11-16(13-5-3-2-4-6-13)17(23-24)14-7-9-15(19)10-8-14/h2-10,16H,11H2,1H3,(H3,20,21,22). The van der Waals surface area contributed by atoms with E-state index >= 15 is 0 Å². The highest BCUT2D eigenvalue weighted by molar-refractivity contribution is 6.30. The lowest BCUT2D eigenvalue weighted by Gasteiger charge is -2.15. The van der Waals surface area contributed by atoms with Gasteiger partial charge >= 0.3 is 0 Å². The van der Waals surface area contributed by atoms with Gasteiger partial charge in [0.1, 0.15) is 0 Å². The summed E-state index contributed by atoms with van der Waals surface area (Å²) in [5, 5.41) is 15.0. The Labute approximate surface area is 146 Å². The maximum Gasteiger partial charge on any atom is 0.240 e. The fourth-order valence-electron chi connectivity index (χ4n) is 2.69. The van der Waals surface area contributed by atoms with E-state index < -0.39 is 0 Å². The SMILES string of the molecule is C/C(N)=N\C(=N)N1CC(c2ccccc2)C(c2ccc(Cl)cc2)=N1. The molecule has 2 aromatic carbocycles. The second-order valence-electron chi connectivity index (χ2n) is 5.61. The van der Waals surface area contributed by atoms with E-state index in [1.165, 1.54) is 0 Å². The second-order valence-corrected chi connectivity index (χ2v) is 6.05. The molecule has 1 aliphatic heterocycles. The Kier molecular flexibility index (Phi) is 4.62. The van der Waals surface area contributed by atoms with Gasteiger partial charge in [0.05, 0.1) is 18.1 Å². The average Bonchev–Trinajstić information content (AvgIpc) is 3.01. The molecule has 0 saturated heterocycles. The fraction of sp³-hybridized carbons (Fsp3) is 0.167. The number of nitrogens with one attached hydrogen (secondary N) is 1. The predicted octanol–water partition coefficient (Wildman–Crippen LogP) is 3.46. The molecule has 0 fully saturated rings. The molecule has 3 rings (SSSR count). The third-order valence-corrected chi connectivity index (χ3v) is 4.03. The quantitative estimate of drug-likeness (QED) is 0.649. The number of nitrogens with zero attached hydrogens (tertiary/aromatic N) is 3. The number of hydrogen-bond donors (Lipinski definition) is 2. The molecule has 1 unspecified atom stereocenters. The minimum absolute atomic E-state index is 0.0416. The monoisotopic (exact) mass is 339 g/mol. The Morgan fingerprint density at radius 1 is 1.21 bits per heavy atom. The summed E-state index contributed by atoms with van der Waals surface area (Å²) in [7, 11) is 0. The summed E-state index contributed by atoms with van der Waals surface area (Å²) in [6.45, 7) is 2.21. The van der Waals surface area contributed by atoms with Gasteiger partial charge in [-0.3, -0.25) is 5.41 Å². The number of halogens is 1. The maximum absolute atomic E-state index is 8.09. The lowest BCUT2D eigenvalue weighted by Crippen LogP contribution is -2.25. The molecule has 2 aromatic rings. The molecule has 6 heteroatoms. The van der Waals surface area contributed by atoms with Crippen LogP contribution in [0.2, 0.25) is 5.02 Å². The highest BCUT2D eigenvalue weighted by Gasteiger charge is 2.30. The lowest BCUT2D eigenvalue weighted by atomic mass is 9.91. The molecular formula is C18H18ClN5. The molecule has 1 atom stereocenters. The van der Waals surface area contributed by atoms with Crippen molar-refractivity contribution in [3.63, 3.8) is 0 Å². The van der Waals surface area contributed by atoms with Crippen molar-refractivity contribution < 1.29 is 0 Å². The van der Waals surface area contributed by atoms with E-state index in [1.807, 2.05) is 42.5 Å². The molecule has 1 aliphatic rings. The fourth-order valence-corrected chi connectivity index (χ4v) is 2.81. The van der Waals surface area contributed by atoms with Gasteiger partial charge in [-0.2, -0.15) is 10.1 Å². The Bertz CT molecular complexity index is 792. The molecule has 0 radical (unpaired) electrons. The molecule has 24 heavy (non-hydrogen) atoms. The third kappa shape index (κ3) is 3.46. The molecular weight excluding hydrogens is 322 g/mol. The van der Waals surface area contributed by atoms with E-state index in [1.54, 1.807) is 11.9 Å². The zero-order valence-electron chi connectivity index (χ0n) is 13.3. The van der Waals surface area contributed by atoms with Crippen LogP contribution < -0.4 is 5.73 Å². The van der Waals surface area contributed by atoms with Gasteiger partial charge in [-0.05, 0) is 30.2 Å². The summed E-state index contributed by atoms with van der Waals surface area (Å²) in [4.78, 5) is 4.01. The maximum atomic E-state index is 8.09. The van der Waals surface area contributed by atoms with Crippen molar-refractivity contribution in [3.8, 4) is 0 Å². The van der Waals surface area contributed by atoms with Gasteiger partial charge < -0.3 is 5.73 Å². The lowest BCUT2D eigenvalue weighted by molar-refractivity contribution is 0.467. The normalized spacial score (nSPS) is 17.8. The highest BCUT2D eigenvalue weighted by Crippen LogP contribution is 2.29. The number of guanidine groups is 1. The Hall–Kier alpha value is -2.66. The highest BCUT2D eigenvalue weighted by atomic mass is 35.5. The van der Waals surface area contributed by atoms with Crippen LogP contribution in [0.15, 0.2) is 64.7 Å². The zero-order valence-corrected chi connectivity index (χ0v) is 14.0. The molecule has 3 N–H and O–H groups in total. The minimum atomic E-state index is 0.0416. The number of hydrazone groups is 1. The van der Waals surface area contributed by atoms with Gasteiger partial charge in [0.15, 0.2) is 0 Å². The smallest absolute Gasteiger partial charge is 0.240 e. The van der Waals surface area contributed by atoms with Crippen LogP contribution in [0.1, 0.15) is 24.0 Å². The van der Waals surface area contributed by atoms with Crippen molar-refractivity contribution in [2.45, 2.75) is 12.8 Å². The largest absolute Gasteiger partial charge is 0.387 e. The van der Waals surface area contributed by atoms with Crippen LogP contribution in [-0.2, 0) is 0 Å². The van der Waals surface area contributed by atoms with E-state index in [9.17, 15) is 0 Å². The second kappa shape index (κ2) is 6.84. The van der Waals surface area contributed by atoms with Gasteiger partial charge in [-0.25, -0.2) is 5.01 Å². The van der Waals surface area contributed by atoms with Crippen LogP contribution in [0.4, 0.5) is 0 Å². The van der Waals surface area contributed by atoms with Gasteiger partial charge in [0, 0.05) is 10.9 Å². The Balaban J connectivity index is 1.99. The Morgan fingerprint density at radius 2 is 1.88 bits per heavy atom. The van der Waals surface area contributed by atoms with Crippen LogP contribution in [0, 0.1) is 5.41 Å². The average molecular weight is 340 g/mol. The molecule has 0 bridgehead atoms. The first-order chi connectivity index (χ1) is 11.5. The van der Waals surface area contributed by atoms with E-state index in [0.717, 1.165) is 16.8 Å². The zero-order chi connectivity index (χ0) is 17.1. The first-order valence-corrected chi connectivity index (χ1v) is 7.98. The summed E-state index contributed by atoms with van der Waals surface area (Å²) < 4.78 is 0. The van der Waals surface area contributed by atoms with Crippen molar-refractivity contribution in [3.05, 3.63) is 70.7 Å². The van der Waals surface area contributed by atoms with Gasteiger partial charge in [0.2, 0.25) is 5.96 Å². The molecule has 0 saturated carbocycles. The van der Waals surface area contributed by atoms with Crippen LogP contribution in [0.25, 0.3) is 0 Å². The van der Waals surface area contributed by atoms with Gasteiger partial charge in [-0.15, -0.1) is 0 Å². The minimum Gasteiger partial charge on any atom is -0.387 e. The van der Waals surface area contributed by atoms with Crippen molar-refractivity contribution in [2.75, 3.05) is 6.54 Å². The van der Waals surface area contributed by atoms with Crippen molar-refractivity contribution in [2.24, 2.45) is 15.8 Å². The van der Waals surface area contributed by atoms with Gasteiger partial charge in [0.25, 0.3) is 0 Å². The molecule has 5 nitrogen and oxygen atoms in total. The summed E-state index contributed by atoms with van der Waals surface area (Å²) in [5.41, 5.74) is 8.62. The molecule has 0 aromatic heterocycles. The summed E-state index contributed by atoms with van der Waals surface area (Å²) >= 11 is 5.99. The summed E-state index contributed by atoms with van der Waals surface area (Å²) in [5.74, 6) is 0.437. The molecule has 0 spiro atoms. The van der Waals surface area contributed by atoms with E-state index in [-0.39, 0.29) is 11.9 Å². The summed E-state index contributed by atoms with van der Waals surface area (Å²) in [6, 6.07) is 17.7. The van der Waals surface area contributed by atoms with Crippen LogP contribution >= 0.6 is 11.6 Å². The predicted molar refractivity (Wildman–Crippen MR) is 98.9 cm³/mol. The number of nitrogens with two attached hydrogens (primary N) is 1. The summed E-state index contributed by atoms with van der Waals surface area (Å²) in [6.07, 6.45) is 0. The molecule has 122 valence electrons. The number of amidine groups is 1. The number of aliphatic imine (C=N–C) groups is 1. The number of rotatable bonds is 2. The van der Waals surface area contributed by atoms with E-state index in [2.05, 4.69) is 22.2 Å². The topological polar surface area (TPSA) is 77.8 Å². The Morgan fingerprint density at radius 3 is 2.50 bits per heavy atom. The van der Waals surface area contributed by atoms with Crippen LogP contribution in [0.3, 0.4) is 0 Å². The van der Waals surface area contributed by atoms with E-state index in [0.29, 0.717) is 17.4 Å².